The molecule has 0 aliphatic rings. The molecule has 0 saturated heterocycles. The van der Waals surface area contributed by atoms with E-state index in [4.69, 9.17) is 0 Å². The molecule has 0 fully saturated rings. The molecule has 3 heterocycles. The Morgan fingerprint density at radius 3 is 2.42 bits per heavy atom. The van der Waals surface area contributed by atoms with Crippen LogP contribution in [0, 0.1) is 13.8 Å². The van der Waals surface area contributed by atoms with Crippen LogP contribution in [-0.4, -0.2) is 22.4 Å². The zero-order valence-electron chi connectivity index (χ0n) is 14.0. The van der Waals surface area contributed by atoms with E-state index in [-0.39, 0.29) is 4.90 Å². The molecule has 4 aromatic rings. The predicted molar refractivity (Wildman–Crippen MR) is 107 cm³/mol. The van der Waals surface area contributed by atoms with Crippen molar-refractivity contribution in [3.63, 3.8) is 0 Å². The quantitative estimate of drug-likeness (QED) is 0.453. The van der Waals surface area contributed by atoms with Crippen molar-refractivity contribution in [1.29, 1.82) is 0 Å². The maximum atomic E-state index is 13.2. The van der Waals surface area contributed by atoms with Crippen LogP contribution in [0.1, 0.15) is 11.3 Å². The van der Waals surface area contributed by atoms with Crippen LogP contribution < -0.4 is 0 Å². The molecular formula is C18H14BrN3O2S2. The predicted octanol–water partition coefficient (Wildman–Crippen LogP) is 4.78. The lowest BCUT2D eigenvalue weighted by atomic mass is 10.2. The molecule has 3 aromatic heterocycles. The van der Waals surface area contributed by atoms with Gasteiger partial charge in [0.1, 0.15) is 9.61 Å². The lowest BCUT2D eigenvalue weighted by molar-refractivity contribution is 0.588. The number of hydrogen-bond donors (Lipinski definition) is 0. The lowest BCUT2D eigenvalue weighted by Gasteiger charge is -2.07. The van der Waals surface area contributed by atoms with Gasteiger partial charge in [-0.1, -0.05) is 17.7 Å². The first-order valence-electron chi connectivity index (χ1n) is 7.78. The van der Waals surface area contributed by atoms with E-state index in [0.29, 0.717) is 5.65 Å². The number of fused-ring (bicyclic) bond motifs is 1. The second-order valence-electron chi connectivity index (χ2n) is 5.96. The molecule has 0 N–H and O–H groups in total. The molecule has 0 spiro atoms. The Balaban J connectivity index is 2.01. The van der Waals surface area contributed by atoms with Crippen molar-refractivity contribution >= 4 is 48.3 Å². The fourth-order valence-electron chi connectivity index (χ4n) is 2.72. The van der Waals surface area contributed by atoms with Crippen LogP contribution in [0.15, 0.2) is 57.5 Å². The number of aromatic nitrogens is 3. The van der Waals surface area contributed by atoms with Crippen LogP contribution in [0.3, 0.4) is 0 Å². The molecular weight excluding hydrogens is 434 g/mol. The minimum absolute atomic E-state index is 0.232. The smallest absolute Gasteiger partial charge is 0.234 e. The van der Waals surface area contributed by atoms with E-state index in [0.717, 1.165) is 31.8 Å². The van der Waals surface area contributed by atoms with Gasteiger partial charge in [0.2, 0.25) is 0 Å². The first-order valence-corrected chi connectivity index (χ1v) is 10.9. The van der Waals surface area contributed by atoms with Gasteiger partial charge < -0.3 is 0 Å². The van der Waals surface area contributed by atoms with Crippen molar-refractivity contribution in [3.8, 4) is 10.6 Å². The van der Waals surface area contributed by atoms with Gasteiger partial charge >= 0.3 is 0 Å². The van der Waals surface area contributed by atoms with Gasteiger partial charge in [0.15, 0.2) is 5.65 Å². The van der Waals surface area contributed by atoms with E-state index in [2.05, 4.69) is 25.9 Å². The van der Waals surface area contributed by atoms with Crippen molar-refractivity contribution in [2.24, 2.45) is 0 Å². The summed E-state index contributed by atoms with van der Waals surface area (Å²) in [5.41, 5.74) is 2.91. The summed E-state index contributed by atoms with van der Waals surface area (Å²) >= 11 is 4.80. The molecule has 0 saturated carbocycles. The van der Waals surface area contributed by atoms with Crippen LogP contribution in [0.25, 0.3) is 21.6 Å². The van der Waals surface area contributed by atoms with Gasteiger partial charge in [-0.05, 0) is 54.0 Å². The molecule has 5 nitrogen and oxygen atoms in total. The zero-order chi connectivity index (χ0) is 18.5. The van der Waals surface area contributed by atoms with Crippen molar-refractivity contribution in [2.45, 2.75) is 18.7 Å². The summed E-state index contributed by atoms with van der Waals surface area (Å²) < 4.78 is 28.4. The van der Waals surface area contributed by atoms with Crippen molar-refractivity contribution in [1.82, 2.24) is 13.9 Å². The monoisotopic (exact) mass is 447 g/mol. The van der Waals surface area contributed by atoms with Gasteiger partial charge in [-0.25, -0.2) is 22.4 Å². The Morgan fingerprint density at radius 2 is 1.77 bits per heavy atom. The molecule has 0 aliphatic heterocycles. The Kier molecular flexibility index (Phi) is 4.21. The molecule has 0 aliphatic carbocycles. The number of nitrogens with zero attached hydrogens (tertiary/aromatic N) is 3. The van der Waals surface area contributed by atoms with E-state index < -0.39 is 10.0 Å². The zero-order valence-corrected chi connectivity index (χ0v) is 17.2. The highest BCUT2D eigenvalue weighted by Gasteiger charge is 2.23. The number of aryl methyl sites for hydroxylation is 2. The topological polar surface area (TPSA) is 64.8 Å². The van der Waals surface area contributed by atoms with Crippen molar-refractivity contribution < 1.29 is 8.42 Å². The Bertz CT molecular complexity index is 1230. The third-order valence-corrected chi connectivity index (χ3v) is 7.29. The van der Waals surface area contributed by atoms with Gasteiger partial charge in [-0.2, -0.15) is 0 Å². The van der Waals surface area contributed by atoms with Gasteiger partial charge in [0.05, 0.1) is 4.90 Å². The van der Waals surface area contributed by atoms with E-state index in [1.165, 1.54) is 15.3 Å². The van der Waals surface area contributed by atoms with E-state index >= 15 is 0 Å². The van der Waals surface area contributed by atoms with Gasteiger partial charge in [-0.15, -0.1) is 11.3 Å². The fraction of sp³-hybridized carbons (Fsp3) is 0.111. The maximum Gasteiger partial charge on any atom is 0.269 e. The molecule has 8 heteroatoms. The molecule has 0 atom stereocenters. The maximum absolute atomic E-state index is 13.2. The average molecular weight is 448 g/mol. The Morgan fingerprint density at radius 1 is 1.04 bits per heavy atom. The standard InChI is InChI=1S/C18H14BrN3O2S2/c1-11-3-6-13(7-4-11)26(23,24)22-9-15(18-21-16(19)10-25-18)14-8-5-12(2)20-17(14)22/h3-10H,1-2H3. The summed E-state index contributed by atoms with van der Waals surface area (Å²) in [4.78, 5) is 9.15. The van der Waals surface area contributed by atoms with Gasteiger partial charge in [-0.3, -0.25) is 0 Å². The second kappa shape index (κ2) is 6.29. The summed E-state index contributed by atoms with van der Waals surface area (Å²) in [5, 5.41) is 3.37. The number of rotatable bonds is 3. The number of pyridine rings is 1. The highest BCUT2D eigenvalue weighted by molar-refractivity contribution is 9.10. The van der Waals surface area contributed by atoms with Crippen molar-refractivity contribution in [2.75, 3.05) is 0 Å². The third kappa shape index (κ3) is 2.87. The third-order valence-electron chi connectivity index (χ3n) is 4.04. The van der Waals surface area contributed by atoms with Crippen LogP contribution in [-0.2, 0) is 10.0 Å². The summed E-state index contributed by atoms with van der Waals surface area (Å²) in [6, 6.07) is 10.6. The molecule has 1 aromatic carbocycles. The minimum atomic E-state index is -3.76. The minimum Gasteiger partial charge on any atom is -0.234 e. The van der Waals surface area contributed by atoms with Gasteiger partial charge in [0.25, 0.3) is 10.0 Å². The molecule has 26 heavy (non-hydrogen) atoms. The lowest BCUT2D eigenvalue weighted by Crippen LogP contribution is -2.12. The summed E-state index contributed by atoms with van der Waals surface area (Å²) in [7, 11) is -3.76. The van der Waals surface area contributed by atoms with Crippen LogP contribution in [0.4, 0.5) is 0 Å². The molecule has 0 amide bonds. The Labute approximate surface area is 163 Å². The highest BCUT2D eigenvalue weighted by Crippen LogP contribution is 2.34. The summed E-state index contributed by atoms with van der Waals surface area (Å²) in [6.45, 7) is 3.76. The van der Waals surface area contributed by atoms with Crippen molar-refractivity contribution in [3.05, 3.63) is 63.8 Å². The molecule has 132 valence electrons. The largest absolute Gasteiger partial charge is 0.269 e. The number of thiazole rings is 1. The molecule has 0 bridgehead atoms. The van der Waals surface area contributed by atoms with E-state index in [1.807, 2.05) is 31.4 Å². The fourth-order valence-corrected chi connectivity index (χ4v) is 5.32. The molecule has 0 radical (unpaired) electrons. The molecule has 0 unspecified atom stereocenters. The van der Waals surface area contributed by atoms with E-state index in [9.17, 15) is 8.42 Å². The summed E-state index contributed by atoms with van der Waals surface area (Å²) in [5.74, 6) is 0. The average Bonchev–Trinajstić information content (AvgIpc) is 3.18. The van der Waals surface area contributed by atoms with Crippen LogP contribution in [0.5, 0.6) is 0 Å². The normalized spacial score (nSPS) is 12.0. The number of halogens is 1. The van der Waals surface area contributed by atoms with Gasteiger partial charge in [0, 0.05) is 28.2 Å². The number of benzene rings is 1. The number of hydrogen-bond acceptors (Lipinski definition) is 5. The van der Waals surface area contributed by atoms with E-state index in [1.54, 1.807) is 30.5 Å². The SMILES string of the molecule is Cc1ccc(S(=O)(=O)n2cc(-c3nc(Br)cs3)c3ccc(C)nc32)cc1. The van der Waals surface area contributed by atoms with Crippen LogP contribution in [0.2, 0.25) is 0 Å². The van der Waals surface area contributed by atoms with Crippen LogP contribution >= 0.6 is 27.3 Å². The summed E-state index contributed by atoms with van der Waals surface area (Å²) in [6.07, 6.45) is 1.61. The Hall–Kier alpha value is -2.03. The first kappa shape index (κ1) is 17.4. The highest BCUT2D eigenvalue weighted by atomic mass is 79.9. The second-order valence-corrected chi connectivity index (χ2v) is 9.44. The first-order chi connectivity index (χ1) is 12.4. The molecule has 4 rings (SSSR count).